The number of piperidine rings is 1. The lowest BCUT2D eigenvalue weighted by Crippen LogP contribution is -2.30. The van der Waals surface area contributed by atoms with Gasteiger partial charge in [-0.2, -0.15) is 8.78 Å². The Bertz CT molecular complexity index is 894. The second-order valence-electron chi connectivity index (χ2n) is 6.24. The van der Waals surface area contributed by atoms with Crippen molar-refractivity contribution in [3.63, 3.8) is 0 Å². The largest absolute Gasteiger partial charge is 0.357 e. The standard InChI is InChI=1S/C18H19F2N3O3S/c19-18(20)27(25,26)15-7-4-13(5-8-15)17(24)22-14-6-9-16(21-12-14)23-10-2-1-3-11-23/h4-9,12,18H,1-3,10-11H2,(H,22,24). The van der Waals surface area contributed by atoms with Crippen molar-refractivity contribution in [1.82, 2.24) is 4.98 Å². The fraction of sp³-hybridized carbons (Fsp3) is 0.333. The zero-order chi connectivity index (χ0) is 19.4. The number of sulfone groups is 1. The molecule has 6 nitrogen and oxygen atoms in total. The molecule has 1 fully saturated rings. The number of nitrogens with one attached hydrogen (secondary N) is 1. The first-order valence-corrected chi connectivity index (χ1v) is 10.1. The summed E-state index contributed by atoms with van der Waals surface area (Å²) in [5.74, 6) is -3.13. The van der Waals surface area contributed by atoms with Crippen LogP contribution < -0.4 is 10.2 Å². The van der Waals surface area contributed by atoms with E-state index in [-0.39, 0.29) is 5.56 Å². The van der Waals surface area contributed by atoms with Gasteiger partial charge in [0.1, 0.15) is 5.82 Å². The van der Waals surface area contributed by atoms with Crippen LogP contribution >= 0.6 is 0 Å². The van der Waals surface area contributed by atoms with Crippen molar-refractivity contribution < 1.29 is 22.0 Å². The number of hydrogen-bond acceptors (Lipinski definition) is 5. The van der Waals surface area contributed by atoms with Crippen LogP contribution in [0.25, 0.3) is 0 Å². The highest BCUT2D eigenvalue weighted by atomic mass is 32.2. The molecule has 9 heteroatoms. The molecular formula is C18H19F2N3O3S. The fourth-order valence-electron chi connectivity index (χ4n) is 2.87. The molecule has 0 spiro atoms. The van der Waals surface area contributed by atoms with E-state index in [4.69, 9.17) is 0 Å². The van der Waals surface area contributed by atoms with E-state index in [9.17, 15) is 22.0 Å². The quantitative estimate of drug-likeness (QED) is 0.840. The van der Waals surface area contributed by atoms with Crippen molar-refractivity contribution in [3.8, 4) is 0 Å². The Hall–Kier alpha value is -2.55. The van der Waals surface area contributed by atoms with Gasteiger partial charge in [0.05, 0.1) is 16.8 Å². The SMILES string of the molecule is O=C(Nc1ccc(N2CCCCC2)nc1)c1ccc(S(=O)(=O)C(F)F)cc1. The van der Waals surface area contributed by atoms with Crippen molar-refractivity contribution >= 4 is 27.2 Å². The van der Waals surface area contributed by atoms with E-state index in [2.05, 4.69) is 15.2 Å². The third-order valence-electron chi connectivity index (χ3n) is 4.37. The number of pyridine rings is 1. The molecule has 2 aromatic rings. The summed E-state index contributed by atoms with van der Waals surface area (Å²) in [6, 6.07) is 7.95. The number of aromatic nitrogens is 1. The lowest BCUT2D eigenvalue weighted by molar-refractivity contribution is 0.102. The Morgan fingerprint density at radius 2 is 1.70 bits per heavy atom. The normalized spacial score (nSPS) is 15.0. The van der Waals surface area contributed by atoms with E-state index < -0.39 is 26.4 Å². The maximum absolute atomic E-state index is 12.5. The maximum Gasteiger partial charge on any atom is 0.341 e. The highest BCUT2D eigenvalue weighted by molar-refractivity contribution is 7.91. The maximum atomic E-state index is 12.5. The smallest absolute Gasteiger partial charge is 0.341 e. The molecule has 3 rings (SSSR count). The van der Waals surface area contributed by atoms with E-state index in [1.807, 2.05) is 6.07 Å². The highest BCUT2D eigenvalue weighted by Gasteiger charge is 2.26. The number of amides is 1. The molecule has 1 saturated heterocycles. The number of hydrogen-bond donors (Lipinski definition) is 1. The molecule has 1 aromatic heterocycles. The predicted molar refractivity (Wildman–Crippen MR) is 97.9 cm³/mol. The first-order valence-electron chi connectivity index (χ1n) is 8.52. The summed E-state index contributed by atoms with van der Waals surface area (Å²) < 4.78 is 47.9. The van der Waals surface area contributed by atoms with Gasteiger partial charge in [0, 0.05) is 18.7 Å². The number of alkyl halides is 2. The Labute approximate surface area is 156 Å². The Morgan fingerprint density at radius 3 is 2.26 bits per heavy atom. The van der Waals surface area contributed by atoms with Crippen LogP contribution in [0.3, 0.4) is 0 Å². The van der Waals surface area contributed by atoms with Crippen LogP contribution in [0.5, 0.6) is 0 Å². The molecule has 1 N–H and O–H groups in total. The molecule has 2 heterocycles. The van der Waals surface area contributed by atoms with Crippen molar-refractivity contribution in [2.24, 2.45) is 0 Å². The molecule has 0 saturated carbocycles. The highest BCUT2D eigenvalue weighted by Crippen LogP contribution is 2.21. The van der Waals surface area contributed by atoms with Gasteiger partial charge in [-0.3, -0.25) is 4.79 Å². The first-order chi connectivity index (χ1) is 12.9. The van der Waals surface area contributed by atoms with Crippen LogP contribution in [0.1, 0.15) is 29.6 Å². The number of anilines is 2. The summed E-state index contributed by atoms with van der Waals surface area (Å²) >= 11 is 0. The van der Waals surface area contributed by atoms with Gasteiger partial charge in [0.25, 0.3) is 5.91 Å². The van der Waals surface area contributed by atoms with E-state index in [1.54, 1.807) is 12.3 Å². The number of carbonyl (C=O) groups is 1. The molecule has 0 unspecified atom stereocenters. The Balaban J connectivity index is 1.66. The zero-order valence-corrected chi connectivity index (χ0v) is 15.3. The van der Waals surface area contributed by atoms with Crippen LogP contribution in [0.15, 0.2) is 47.5 Å². The van der Waals surface area contributed by atoms with E-state index in [0.29, 0.717) is 5.69 Å². The van der Waals surface area contributed by atoms with Gasteiger partial charge in [-0.25, -0.2) is 13.4 Å². The topological polar surface area (TPSA) is 79.4 Å². The minimum atomic E-state index is -4.67. The number of rotatable bonds is 5. The molecule has 0 bridgehead atoms. The lowest BCUT2D eigenvalue weighted by Gasteiger charge is -2.27. The summed E-state index contributed by atoms with van der Waals surface area (Å²) in [6.45, 7) is 1.93. The molecule has 1 aromatic carbocycles. The van der Waals surface area contributed by atoms with E-state index in [1.165, 1.54) is 18.6 Å². The monoisotopic (exact) mass is 395 g/mol. The Kier molecular flexibility index (Phi) is 5.69. The van der Waals surface area contributed by atoms with Gasteiger partial charge in [-0.15, -0.1) is 0 Å². The second kappa shape index (κ2) is 7.99. The summed E-state index contributed by atoms with van der Waals surface area (Å²) in [7, 11) is -4.67. The Morgan fingerprint density at radius 1 is 1.04 bits per heavy atom. The van der Waals surface area contributed by atoms with Crippen LogP contribution in [0.2, 0.25) is 0 Å². The molecule has 27 heavy (non-hydrogen) atoms. The van der Waals surface area contributed by atoms with Crippen LogP contribution in [-0.4, -0.2) is 38.2 Å². The third-order valence-corrected chi connectivity index (χ3v) is 5.76. The van der Waals surface area contributed by atoms with Crippen molar-refractivity contribution in [2.45, 2.75) is 29.9 Å². The fourth-order valence-corrected chi connectivity index (χ4v) is 3.59. The molecule has 1 aliphatic heterocycles. The number of carbonyl (C=O) groups excluding carboxylic acids is 1. The molecular weight excluding hydrogens is 376 g/mol. The van der Waals surface area contributed by atoms with Crippen molar-refractivity contribution in [3.05, 3.63) is 48.2 Å². The average Bonchev–Trinajstić information content (AvgIpc) is 2.69. The number of benzene rings is 1. The lowest BCUT2D eigenvalue weighted by atomic mass is 10.1. The summed E-state index contributed by atoms with van der Waals surface area (Å²) in [5, 5.41) is 2.65. The average molecular weight is 395 g/mol. The molecule has 1 amide bonds. The predicted octanol–water partition coefficient (Wildman–Crippen LogP) is 3.32. The van der Waals surface area contributed by atoms with Gasteiger partial charge in [-0.1, -0.05) is 0 Å². The number of nitrogens with zero attached hydrogens (tertiary/aromatic N) is 2. The summed E-state index contributed by atoms with van der Waals surface area (Å²) in [4.78, 5) is 18.3. The molecule has 1 aliphatic rings. The van der Waals surface area contributed by atoms with Gasteiger partial charge in [-0.05, 0) is 55.7 Å². The summed E-state index contributed by atoms with van der Waals surface area (Å²) in [5.41, 5.74) is 0.647. The summed E-state index contributed by atoms with van der Waals surface area (Å²) in [6.07, 6.45) is 5.05. The molecule has 0 atom stereocenters. The van der Waals surface area contributed by atoms with Crippen molar-refractivity contribution in [2.75, 3.05) is 23.3 Å². The van der Waals surface area contributed by atoms with Gasteiger partial charge in [0.2, 0.25) is 9.84 Å². The van der Waals surface area contributed by atoms with Gasteiger partial charge < -0.3 is 10.2 Å². The van der Waals surface area contributed by atoms with Crippen LogP contribution in [0.4, 0.5) is 20.3 Å². The second-order valence-corrected chi connectivity index (χ2v) is 8.15. The zero-order valence-electron chi connectivity index (χ0n) is 14.4. The van der Waals surface area contributed by atoms with Crippen molar-refractivity contribution in [1.29, 1.82) is 0 Å². The van der Waals surface area contributed by atoms with Gasteiger partial charge >= 0.3 is 5.76 Å². The minimum Gasteiger partial charge on any atom is -0.357 e. The van der Waals surface area contributed by atoms with Crippen LogP contribution in [0, 0.1) is 0 Å². The van der Waals surface area contributed by atoms with Crippen LogP contribution in [-0.2, 0) is 9.84 Å². The molecule has 144 valence electrons. The molecule has 0 radical (unpaired) electrons. The van der Waals surface area contributed by atoms with E-state index >= 15 is 0 Å². The van der Waals surface area contributed by atoms with Gasteiger partial charge in [0.15, 0.2) is 0 Å². The minimum absolute atomic E-state index is 0.156. The number of halogens is 2. The third kappa shape index (κ3) is 4.41. The first kappa shape index (κ1) is 19.2. The van der Waals surface area contributed by atoms with E-state index in [0.717, 1.165) is 43.9 Å². The molecule has 0 aliphatic carbocycles.